The largest absolute Gasteiger partial charge is 0.339 e. The molecule has 0 spiro atoms. The van der Waals surface area contributed by atoms with Crippen molar-refractivity contribution in [2.75, 3.05) is 5.32 Å². The van der Waals surface area contributed by atoms with Gasteiger partial charge in [-0.05, 0) is 35.9 Å². The average molecular weight is 392 g/mol. The zero-order valence-corrected chi connectivity index (χ0v) is 15.0. The number of carbonyl (C=O) groups excluding carboxylic acids is 1. The number of para-hydroxylation sites is 1. The van der Waals surface area contributed by atoms with Gasteiger partial charge in [0.1, 0.15) is 11.6 Å². The van der Waals surface area contributed by atoms with Gasteiger partial charge in [0.2, 0.25) is 11.7 Å². The van der Waals surface area contributed by atoms with Crippen molar-refractivity contribution in [1.82, 2.24) is 15.1 Å². The highest BCUT2D eigenvalue weighted by atomic mass is 19.1. The van der Waals surface area contributed by atoms with Gasteiger partial charge in [-0.3, -0.25) is 9.78 Å². The molecule has 4 aromatic rings. The number of hydrogen-bond donors (Lipinski definition) is 1. The molecule has 2 heterocycles. The van der Waals surface area contributed by atoms with E-state index < -0.39 is 17.5 Å². The van der Waals surface area contributed by atoms with Crippen LogP contribution in [-0.2, 0) is 6.42 Å². The number of anilines is 1. The number of pyridine rings is 1. The standard InChI is InChI=1S/C21H14F2N4O2/c22-15-7-8-16(17(23)11-15)21(28)25-18-6-2-1-4-13(18)10-19-26-20(27-29-19)14-5-3-9-24-12-14/h1-9,11-12H,10H2,(H,25,28). The summed E-state index contributed by atoms with van der Waals surface area (Å²) in [6.07, 6.45) is 3.53. The summed E-state index contributed by atoms with van der Waals surface area (Å²) in [5.74, 6) is -1.61. The van der Waals surface area contributed by atoms with E-state index in [1.165, 1.54) is 0 Å². The van der Waals surface area contributed by atoms with Crippen molar-refractivity contribution in [3.63, 3.8) is 0 Å². The number of carbonyl (C=O) groups is 1. The molecule has 144 valence electrons. The van der Waals surface area contributed by atoms with Crippen LogP contribution in [0.3, 0.4) is 0 Å². The molecule has 0 unspecified atom stereocenters. The molecule has 2 aromatic carbocycles. The van der Waals surface area contributed by atoms with Crippen molar-refractivity contribution >= 4 is 11.6 Å². The molecule has 4 rings (SSSR count). The lowest BCUT2D eigenvalue weighted by atomic mass is 10.1. The number of aromatic nitrogens is 3. The number of amides is 1. The van der Waals surface area contributed by atoms with Crippen molar-refractivity contribution in [1.29, 1.82) is 0 Å². The Balaban J connectivity index is 1.54. The normalized spacial score (nSPS) is 10.7. The summed E-state index contributed by atoms with van der Waals surface area (Å²) in [6, 6.07) is 13.4. The summed E-state index contributed by atoms with van der Waals surface area (Å²) in [6.45, 7) is 0. The Morgan fingerprint density at radius 1 is 1.07 bits per heavy atom. The highest BCUT2D eigenvalue weighted by Crippen LogP contribution is 2.22. The predicted octanol–water partition coefficient (Wildman–Crippen LogP) is 4.25. The van der Waals surface area contributed by atoms with Crippen LogP contribution in [0.4, 0.5) is 14.5 Å². The Morgan fingerprint density at radius 2 is 1.93 bits per heavy atom. The zero-order valence-electron chi connectivity index (χ0n) is 15.0. The molecule has 0 aliphatic heterocycles. The molecule has 0 saturated heterocycles. The van der Waals surface area contributed by atoms with Crippen LogP contribution in [-0.4, -0.2) is 21.0 Å². The Morgan fingerprint density at radius 3 is 2.72 bits per heavy atom. The van der Waals surface area contributed by atoms with E-state index in [-0.39, 0.29) is 12.0 Å². The van der Waals surface area contributed by atoms with E-state index in [4.69, 9.17) is 4.52 Å². The SMILES string of the molecule is O=C(Nc1ccccc1Cc1nc(-c2cccnc2)no1)c1ccc(F)cc1F. The van der Waals surface area contributed by atoms with Crippen molar-refractivity contribution in [2.24, 2.45) is 0 Å². The second kappa shape index (κ2) is 7.97. The van der Waals surface area contributed by atoms with E-state index in [9.17, 15) is 13.6 Å². The van der Waals surface area contributed by atoms with E-state index in [1.54, 1.807) is 42.7 Å². The summed E-state index contributed by atoms with van der Waals surface area (Å²) < 4.78 is 32.2. The predicted molar refractivity (Wildman–Crippen MR) is 101 cm³/mol. The number of hydrogen-bond acceptors (Lipinski definition) is 5. The van der Waals surface area contributed by atoms with E-state index in [0.717, 1.165) is 17.7 Å². The number of nitrogens with zero attached hydrogens (tertiary/aromatic N) is 3. The molecule has 1 N–H and O–H groups in total. The van der Waals surface area contributed by atoms with Gasteiger partial charge in [-0.15, -0.1) is 0 Å². The summed E-state index contributed by atoms with van der Waals surface area (Å²) in [7, 11) is 0. The van der Waals surface area contributed by atoms with Gasteiger partial charge in [-0.2, -0.15) is 4.98 Å². The van der Waals surface area contributed by atoms with Crippen LogP contribution in [0, 0.1) is 11.6 Å². The number of nitrogens with one attached hydrogen (secondary N) is 1. The molecule has 6 nitrogen and oxygen atoms in total. The molecule has 29 heavy (non-hydrogen) atoms. The van der Waals surface area contributed by atoms with Gasteiger partial charge >= 0.3 is 0 Å². The van der Waals surface area contributed by atoms with Crippen LogP contribution in [0.15, 0.2) is 71.5 Å². The molecule has 0 bridgehead atoms. The first-order valence-electron chi connectivity index (χ1n) is 8.67. The molecule has 1 amide bonds. The third-order valence-electron chi connectivity index (χ3n) is 4.17. The van der Waals surface area contributed by atoms with E-state index in [2.05, 4.69) is 20.4 Å². The first-order valence-corrected chi connectivity index (χ1v) is 8.67. The lowest BCUT2D eigenvalue weighted by molar-refractivity contribution is 0.102. The Bertz CT molecular complexity index is 1160. The maximum atomic E-state index is 13.9. The molecule has 0 saturated carbocycles. The van der Waals surface area contributed by atoms with Gasteiger partial charge in [0, 0.05) is 29.7 Å². The van der Waals surface area contributed by atoms with Gasteiger partial charge in [0.05, 0.1) is 12.0 Å². The molecular weight excluding hydrogens is 378 g/mol. The fourth-order valence-corrected chi connectivity index (χ4v) is 2.76. The molecular formula is C21H14F2N4O2. The second-order valence-corrected chi connectivity index (χ2v) is 6.17. The van der Waals surface area contributed by atoms with Crippen LogP contribution in [0.1, 0.15) is 21.8 Å². The first kappa shape index (κ1) is 18.4. The number of halogens is 2. The number of rotatable bonds is 5. The average Bonchev–Trinajstić information content (AvgIpc) is 3.18. The van der Waals surface area contributed by atoms with Crippen LogP contribution in [0.5, 0.6) is 0 Å². The van der Waals surface area contributed by atoms with Crippen molar-refractivity contribution < 1.29 is 18.1 Å². The zero-order chi connectivity index (χ0) is 20.2. The van der Waals surface area contributed by atoms with Crippen molar-refractivity contribution in [3.05, 3.63) is 95.6 Å². The fraction of sp³-hybridized carbons (Fsp3) is 0.0476. The van der Waals surface area contributed by atoms with Gasteiger partial charge in [0.15, 0.2) is 0 Å². The van der Waals surface area contributed by atoms with Crippen LogP contribution in [0.2, 0.25) is 0 Å². The molecule has 0 aliphatic carbocycles. The summed E-state index contributed by atoms with van der Waals surface area (Å²) >= 11 is 0. The summed E-state index contributed by atoms with van der Waals surface area (Å²) in [5.41, 5.74) is 1.63. The monoisotopic (exact) mass is 392 g/mol. The van der Waals surface area contributed by atoms with Gasteiger partial charge in [-0.25, -0.2) is 8.78 Å². The Kier molecular flexibility index (Phi) is 5.07. The van der Waals surface area contributed by atoms with Gasteiger partial charge in [0.25, 0.3) is 5.91 Å². The molecule has 0 atom stereocenters. The van der Waals surface area contributed by atoms with E-state index in [0.29, 0.717) is 29.0 Å². The quantitative estimate of drug-likeness (QED) is 0.549. The summed E-state index contributed by atoms with van der Waals surface area (Å²) in [5, 5.41) is 6.59. The van der Waals surface area contributed by atoms with E-state index in [1.807, 2.05) is 6.07 Å². The van der Waals surface area contributed by atoms with Crippen LogP contribution in [0.25, 0.3) is 11.4 Å². The number of benzene rings is 2. The smallest absolute Gasteiger partial charge is 0.258 e. The highest BCUT2D eigenvalue weighted by molar-refractivity contribution is 6.04. The third kappa shape index (κ3) is 4.16. The minimum atomic E-state index is -0.932. The first-order chi connectivity index (χ1) is 14.1. The fourth-order valence-electron chi connectivity index (χ4n) is 2.76. The maximum absolute atomic E-state index is 13.9. The molecule has 8 heteroatoms. The van der Waals surface area contributed by atoms with Crippen LogP contribution < -0.4 is 5.32 Å². The maximum Gasteiger partial charge on any atom is 0.258 e. The minimum Gasteiger partial charge on any atom is -0.339 e. The molecule has 0 aliphatic rings. The minimum absolute atomic E-state index is 0.252. The second-order valence-electron chi connectivity index (χ2n) is 6.17. The van der Waals surface area contributed by atoms with E-state index >= 15 is 0 Å². The van der Waals surface area contributed by atoms with Crippen LogP contribution >= 0.6 is 0 Å². The topological polar surface area (TPSA) is 80.9 Å². The molecule has 0 fully saturated rings. The van der Waals surface area contributed by atoms with Crippen molar-refractivity contribution in [2.45, 2.75) is 6.42 Å². The lowest BCUT2D eigenvalue weighted by Gasteiger charge is -2.10. The molecule has 2 aromatic heterocycles. The highest BCUT2D eigenvalue weighted by Gasteiger charge is 2.16. The third-order valence-corrected chi connectivity index (χ3v) is 4.17. The summed E-state index contributed by atoms with van der Waals surface area (Å²) in [4.78, 5) is 20.8. The Hall–Kier alpha value is -3.94. The lowest BCUT2D eigenvalue weighted by Crippen LogP contribution is -2.15. The van der Waals surface area contributed by atoms with Gasteiger partial charge < -0.3 is 9.84 Å². The Labute approximate surface area is 164 Å². The van der Waals surface area contributed by atoms with Gasteiger partial charge in [-0.1, -0.05) is 23.4 Å². The van der Waals surface area contributed by atoms with Crippen molar-refractivity contribution in [3.8, 4) is 11.4 Å². The molecule has 0 radical (unpaired) electrons.